The maximum absolute atomic E-state index is 13.7. The van der Waals surface area contributed by atoms with Crippen LogP contribution in [0.25, 0.3) is 10.2 Å². The molecule has 0 aliphatic carbocycles. The Kier molecular flexibility index (Phi) is 8.61. The zero-order chi connectivity index (χ0) is 25.7. The van der Waals surface area contributed by atoms with Crippen molar-refractivity contribution >= 4 is 42.6 Å². The Morgan fingerprint density at radius 3 is 2.36 bits per heavy atom. The first-order valence-electron chi connectivity index (χ1n) is 12.5. The average molecular weight is 531 g/mol. The van der Waals surface area contributed by atoms with Gasteiger partial charge < -0.3 is 9.64 Å². The van der Waals surface area contributed by atoms with Gasteiger partial charge in [0.2, 0.25) is 10.0 Å². The van der Waals surface area contributed by atoms with Crippen molar-refractivity contribution in [1.82, 2.24) is 14.2 Å². The number of thiazole rings is 1. The van der Waals surface area contributed by atoms with E-state index in [0.29, 0.717) is 36.9 Å². The van der Waals surface area contributed by atoms with E-state index in [-0.39, 0.29) is 10.8 Å². The minimum absolute atomic E-state index is 0.199. The number of ether oxygens (including phenoxy) is 1. The molecule has 0 bridgehead atoms. The molecule has 10 heteroatoms. The van der Waals surface area contributed by atoms with Gasteiger partial charge in [-0.25, -0.2) is 13.4 Å². The molecule has 1 aliphatic rings. The van der Waals surface area contributed by atoms with Crippen molar-refractivity contribution < 1.29 is 17.9 Å². The Morgan fingerprint density at radius 1 is 1.03 bits per heavy atom. The molecule has 4 rings (SSSR count). The van der Waals surface area contributed by atoms with Crippen molar-refractivity contribution in [3.8, 4) is 5.75 Å². The van der Waals surface area contributed by atoms with E-state index in [9.17, 15) is 13.2 Å². The smallest absolute Gasteiger partial charge is 0.260 e. The van der Waals surface area contributed by atoms with Crippen molar-refractivity contribution in [3.63, 3.8) is 0 Å². The summed E-state index contributed by atoms with van der Waals surface area (Å²) in [6.07, 6.45) is 2.82. The number of fused-ring (bicyclic) bond motifs is 1. The molecule has 1 aliphatic heterocycles. The summed E-state index contributed by atoms with van der Waals surface area (Å²) in [7, 11) is -1.93. The third-order valence-electron chi connectivity index (χ3n) is 6.65. The lowest BCUT2D eigenvalue weighted by Gasteiger charge is -2.26. The minimum Gasteiger partial charge on any atom is -0.497 e. The molecule has 36 heavy (non-hydrogen) atoms. The molecule has 0 saturated carbocycles. The molecule has 0 atom stereocenters. The van der Waals surface area contributed by atoms with E-state index in [0.717, 1.165) is 48.3 Å². The van der Waals surface area contributed by atoms with Crippen molar-refractivity contribution in [2.24, 2.45) is 0 Å². The van der Waals surface area contributed by atoms with Crippen molar-refractivity contribution in [1.29, 1.82) is 0 Å². The van der Waals surface area contributed by atoms with Crippen LogP contribution in [-0.2, 0) is 10.0 Å². The minimum atomic E-state index is -3.55. The molecule has 3 aromatic rings. The third-order valence-corrected chi connectivity index (χ3v) is 9.60. The molecule has 1 fully saturated rings. The van der Waals surface area contributed by atoms with Crippen LogP contribution in [0, 0.1) is 0 Å². The molecular formula is C26H34N4O4S2. The van der Waals surface area contributed by atoms with Crippen LogP contribution < -0.4 is 9.64 Å². The summed E-state index contributed by atoms with van der Waals surface area (Å²) < 4.78 is 33.9. The second kappa shape index (κ2) is 11.7. The van der Waals surface area contributed by atoms with Crippen molar-refractivity contribution in [2.45, 2.75) is 38.0 Å². The fraction of sp³-hybridized carbons (Fsp3) is 0.462. The highest BCUT2D eigenvalue weighted by molar-refractivity contribution is 7.89. The maximum Gasteiger partial charge on any atom is 0.260 e. The van der Waals surface area contributed by atoms with Gasteiger partial charge in [0.05, 0.1) is 22.2 Å². The predicted molar refractivity (Wildman–Crippen MR) is 145 cm³/mol. The van der Waals surface area contributed by atoms with Crippen molar-refractivity contribution in [2.75, 3.05) is 51.3 Å². The van der Waals surface area contributed by atoms with E-state index in [1.165, 1.54) is 11.3 Å². The molecule has 0 N–H and O–H groups in total. The lowest BCUT2D eigenvalue weighted by molar-refractivity contribution is 0.0983. The number of aromatic nitrogens is 1. The van der Waals surface area contributed by atoms with Crippen LogP contribution in [0.1, 0.15) is 43.5 Å². The lowest BCUT2D eigenvalue weighted by atomic mass is 10.2. The molecule has 8 nitrogen and oxygen atoms in total. The Labute approximate surface area is 217 Å². The summed E-state index contributed by atoms with van der Waals surface area (Å²) in [5.41, 5.74) is 1.24. The number of nitrogens with zero attached hydrogens (tertiary/aromatic N) is 4. The van der Waals surface area contributed by atoms with Crippen LogP contribution in [0.3, 0.4) is 0 Å². The first-order chi connectivity index (χ1) is 17.4. The number of carbonyl (C=O) groups excluding carboxylic acids is 1. The largest absolute Gasteiger partial charge is 0.497 e. The van der Waals surface area contributed by atoms with E-state index in [1.54, 1.807) is 40.6 Å². The normalized spacial score (nSPS) is 14.9. The number of rotatable bonds is 10. The molecule has 2 aromatic carbocycles. The molecule has 2 heterocycles. The Morgan fingerprint density at radius 2 is 1.72 bits per heavy atom. The highest BCUT2D eigenvalue weighted by Gasteiger charge is 2.27. The number of piperidine rings is 1. The van der Waals surface area contributed by atoms with Crippen LogP contribution >= 0.6 is 11.3 Å². The summed E-state index contributed by atoms with van der Waals surface area (Å²) in [4.78, 5) is 22.6. The van der Waals surface area contributed by atoms with Gasteiger partial charge in [-0.15, -0.1) is 0 Å². The molecular weight excluding hydrogens is 496 g/mol. The number of likely N-dealkylation sites (N-methyl/N-ethyl adjacent to an activating group) is 1. The van der Waals surface area contributed by atoms with E-state index in [1.807, 2.05) is 18.2 Å². The highest BCUT2D eigenvalue weighted by atomic mass is 32.2. The SMILES string of the molecule is CCN(CC)CCN(C(=O)c1ccc(S(=O)(=O)N2CCCCC2)cc1)c1nc2ccc(OC)cc2s1. The second-order valence-electron chi connectivity index (χ2n) is 8.80. The number of sulfonamides is 1. The Hall–Kier alpha value is -2.53. The predicted octanol–water partition coefficient (Wildman–Crippen LogP) is 4.47. The highest BCUT2D eigenvalue weighted by Crippen LogP contribution is 2.32. The van der Waals surface area contributed by atoms with Crippen LogP contribution in [0.4, 0.5) is 5.13 Å². The molecule has 194 valence electrons. The summed E-state index contributed by atoms with van der Waals surface area (Å²) in [5, 5.41) is 0.612. The molecule has 0 unspecified atom stereocenters. The number of benzene rings is 2. The third kappa shape index (κ3) is 5.72. The molecule has 1 saturated heterocycles. The van der Waals surface area contributed by atoms with Gasteiger partial charge in [-0.2, -0.15) is 4.31 Å². The Balaban J connectivity index is 1.62. The van der Waals surface area contributed by atoms with Gasteiger partial charge in [-0.3, -0.25) is 9.69 Å². The van der Waals surface area contributed by atoms with E-state index >= 15 is 0 Å². The molecule has 0 radical (unpaired) electrons. The maximum atomic E-state index is 13.7. The lowest BCUT2D eigenvalue weighted by Crippen LogP contribution is -2.39. The number of methoxy groups -OCH3 is 1. The van der Waals surface area contributed by atoms with Gasteiger partial charge >= 0.3 is 0 Å². The fourth-order valence-corrected chi connectivity index (χ4v) is 6.92. The van der Waals surface area contributed by atoms with Gasteiger partial charge in [-0.1, -0.05) is 31.6 Å². The number of hydrogen-bond acceptors (Lipinski definition) is 7. The number of hydrogen-bond donors (Lipinski definition) is 0. The summed E-state index contributed by atoms with van der Waals surface area (Å²) in [6.45, 7) is 8.25. The van der Waals surface area contributed by atoms with Gasteiger partial charge in [0, 0.05) is 31.7 Å². The van der Waals surface area contributed by atoms with Gasteiger partial charge in [0.1, 0.15) is 5.75 Å². The topological polar surface area (TPSA) is 83.1 Å². The zero-order valence-electron chi connectivity index (χ0n) is 21.1. The summed E-state index contributed by atoms with van der Waals surface area (Å²) in [5.74, 6) is 0.541. The monoisotopic (exact) mass is 530 g/mol. The number of amides is 1. The second-order valence-corrected chi connectivity index (χ2v) is 11.7. The molecule has 1 aromatic heterocycles. The van der Waals surface area contributed by atoms with Crippen LogP contribution in [0.5, 0.6) is 5.75 Å². The quantitative estimate of drug-likeness (QED) is 0.385. The zero-order valence-corrected chi connectivity index (χ0v) is 22.8. The fourth-order valence-electron chi connectivity index (χ4n) is 4.38. The van der Waals surface area contributed by atoms with E-state index < -0.39 is 10.0 Å². The van der Waals surface area contributed by atoms with Crippen molar-refractivity contribution in [3.05, 3.63) is 48.0 Å². The van der Waals surface area contributed by atoms with Crippen LogP contribution in [0.2, 0.25) is 0 Å². The first-order valence-corrected chi connectivity index (χ1v) is 14.7. The van der Waals surface area contributed by atoms with Gasteiger partial charge in [0.15, 0.2) is 5.13 Å². The van der Waals surface area contributed by atoms with E-state index in [4.69, 9.17) is 9.72 Å². The average Bonchev–Trinajstić information content (AvgIpc) is 3.34. The standard InChI is InChI=1S/C26H34N4O4S2/c1-4-28(5-2)17-18-30(26-27-23-14-11-21(34-3)19-24(23)35-26)25(31)20-9-12-22(13-10-20)36(32,33)29-15-7-6-8-16-29/h9-14,19H,4-8,15-18H2,1-3H3. The molecule has 0 spiro atoms. The summed E-state index contributed by atoms with van der Waals surface area (Å²) in [6, 6.07) is 12.0. The van der Waals surface area contributed by atoms with Gasteiger partial charge in [-0.05, 0) is 68.4 Å². The van der Waals surface area contributed by atoms with Crippen LogP contribution in [0.15, 0.2) is 47.4 Å². The first kappa shape index (κ1) is 26.5. The molecule has 1 amide bonds. The number of anilines is 1. The Bertz CT molecular complexity index is 1280. The van der Waals surface area contributed by atoms with Crippen LogP contribution in [-0.4, -0.2) is 74.9 Å². The summed E-state index contributed by atoms with van der Waals surface area (Å²) >= 11 is 1.44. The van der Waals surface area contributed by atoms with E-state index in [2.05, 4.69) is 18.7 Å². The number of carbonyl (C=O) groups is 1. The van der Waals surface area contributed by atoms with Gasteiger partial charge in [0.25, 0.3) is 5.91 Å².